The second-order valence-corrected chi connectivity index (χ2v) is 7.80. The van der Waals surface area contributed by atoms with Crippen LogP contribution in [0, 0.1) is 12.7 Å². The second kappa shape index (κ2) is 9.61. The smallest absolute Gasteiger partial charge is 0.504 e. The van der Waals surface area contributed by atoms with E-state index in [1.165, 1.54) is 28.8 Å². The summed E-state index contributed by atoms with van der Waals surface area (Å²) in [5.41, 5.74) is 1.32. The van der Waals surface area contributed by atoms with Crippen LogP contribution in [0.15, 0.2) is 77.6 Å². The fraction of sp³-hybridized carbons (Fsp3) is 0.154. The molecule has 180 valence electrons. The zero-order chi connectivity index (χ0) is 25.2. The summed E-state index contributed by atoms with van der Waals surface area (Å²) in [5.74, 6) is -1.82. The molecule has 0 unspecified atom stereocenters. The monoisotopic (exact) mass is 484 g/mol. The molecule has 0 saturated carbocycles. The van der Waals surface area contributed by atoms with Crippen molar-refractivity contribution < 1.29 is 27.4 Å². The number of nitrogens with zero attached hydrogens (tertiary/aromatic N) is 2. The zero-order valence-electron chi connectivity index (χ0n) is 18.5. The predicted molar refractivity (Wildman–Crippen MR) is 123 cm³/mol. The van der Waals surface area contributed by atoms with E-state index in [4.69, 9.17) is 0 Å². The van der Waals surface area contributed by atoms with Crippen molar-refractivity contribution in [1.82, 2.24) is 9.55 Å². The van der Waals surface area contributed by atoms with Gasteiger partial charge < -0.3 is 9.84 Å². The van der Waals surface area contributed by atoms with Gasteiger partial charge in [0.15, 0.2) is 11.6 Å². The molecule has 4 rings (SSSR count). The van der Waals surface area contributed by atoms with Gasteiger partial charge in [-0.05, 0) is 48.7 Å². The Labute approximate surface area is 197 Å². The van der Waals surface area contributed by atoms with Crippen LogP contribution in [-0.2, 0) is 13.0 Å². The lowest BCUT2D eigenvalue weighted by Crippen LogP contribution is -2.27. The summed E-state index contributed by atoms with van der Waals surface area (Å²) in [6.07, 6.45) is -4.38. The highest BCUT2D eigenvalue weighted by atomic mass is 19.4. The van der Waals surface area contributed by atoms with E-state index in [0.29, 0.717) is 12.0 Å². The Hall–Kier alpha value is -4.14. The third kappa shape index (κ3) is 5.34. The first kappa shape index (κ1) is 24.0. The highest BCUT2D eigenvalue weighted by Gasteiger charge is 2.31. The van der Waals surface area contributed by atoms with Crippen molar-refractivity contribution in [2.45, 2.75) is 26.3 Å². The normalized spacial score (nSPS) is 11.5. The fourth-order valence-electron chi connectivity index (χ4n) is 3.81. The molecule has 0 amide bonds. The van der Waals surface area contributed by atoms with Gasteiger partial charge in [0.25, 0.3) is 5.56 Å². The van der Waals surface area contributed by atoms with Gasteiger partial charge in [0.05, 0.1) is 16.8 Å². The fourth-order valence-corrected chi connectivity index (χ4v) is 3.81. The molecule has 0 aliphatic rings. The Balaban J connectivity index is 1.83. The van der Waals surface area contributed by atoms with E-state index in [2.05, 4.69) is 9.72 Å². The van der Waals surface area contributed by atoms with Gasteiger partial charge in [0.2, 0.25) is 0 Å². The Morgan fingerprint density at radius 3 is 2.31 bits per heavy atom. The number of aromatic nitrogens is 2. The Bertz CT molecular complexity index is 1400. The van der Waals surface area contributed by atoms with Crippen LogP contribution in [0.1, 0.15) is 11.3 Å². The Morgan fingerprint density at radius 2 is 1.66 bits per heavy atom. The quantitative estimate of drug-likeness (QED) is 0.348. The molecular formula is C26H20F4N2O3. The van der Waals surface area contributed by atoms with Crippen LogP contribution in [0.2, 0.25) is 0 Å². The van der Waals surface area contributed by atoms with Crippen molar-refractivity contribution in [3.05, 3.63) is 100 Å². The molecule has 1 N–H and O–H groups in total. The first-order valence-electron chi connectivity index (χ1n) is 10.6. The number of phenols is 1. The summed E-state index contributed by atoms with van der Waals surface area (Å²) < 4.78 is 56.8. The van der Waals surface area contributed by atoms with Gasteiger partial charge in [-0.25, -0.2) is 9.37 Å². The topological polar surface area (TPSA) is 64.4 Å². The van der Waals surface area contributed by atoms with E-state index >= 15 is 0 Å². The highest BCUT2D eigenvalue weighted by Crippen LogP contribution is 2.32. The molecule has 0 radical (unpaired) electrons. The minimum atomic E-state index is -4.84. The number of halogens is 4. The predicted octanol–water partition coefficient (Wildman–Crippen LogP) is 5.87. The van der Waals surface area contributed by atoms with E-state index in [-0.39, 0.29) is 29.2 Å². The van der Waals surface area contributed by atoms with E-state index in [9.17, 15) is 27.5 Å². The third-order valence-electron chi connectivity index (χ3n) is 5.42. The summed E-state index contributed by atoms with van der Waals surface area (Å²) >= 11 is 0. The average molecular weight is 484 g/mol. The summed E-state index contributed by atoms with van der Waals surface area (Å²) in [6, 6.07) is 18.2. The molecule has 35 heavy (non-hydrogen) atoms. The van der Waals surface area contributed by atoms with E-state index in [1.54, 1.807) is 6.92 Å². The Kier molecular flexibility index (Phi) is 6.59. The first-order valence-corrected chi connectivity index (χ1v) is 10.6. The van der Waals surface area contributed by atoms with Gasteiger partial charge in [0.1, 0.15) is 11.6 Å². The number of hydrogen-bond acceptors (Lipinski definition) is 4. The molecule has 1 heterocycles. The summed E-state index contributed by atoms with van der Waals surface area (Å²) in [4.78, 5) is 18.2. The second-order valence-electron chi connectivity index (χ2n) is 7.80. The SMILES string of the molecule is Cc1nc(-c2cccc(F)c2O)n(CCc2ccccc2)c(=O)c1-c1ccc(OC(F)(F)F)cc1. The number of para-hydroxylation sites is 1. The molecule has 5 nitrogen and oxygen atoms in total. The number of benzene rings is 3. The van der Waals surface area contributed by atoms with Gasteiger partial charge in [0, 0.05) is 6.54 Å². The van der Waals surface area contributed by atoms with Crippen LogP contribution in [-0.4, -0.2) is 21.0 Å². The molecule has 1 aromatic heterocycles. The maximum Gasteiger partial charge on any atom is 0.573 e. The molecule has 0 spiro atoms. The number of rotatable bonds is 6. The molecule has 0 bridgehead atoms. The van der Waals surface area contributed by atoms with Gasteiger partial charge in [-0.2, -0.15) is 0 Å². The number of aryl methyl sites for hydroxylation is 2. The van der Waals surface area contributed by atoms with E-state index < -0.39 is 29.2 Å². The highest BCUT2D eigenvalue weighted by molar-refractivity contribution is 5.70. The van der Waals surface area contributed by atoms with Gasteiger partial charge in [-0.15, -0.1) is 13.2 Å². The number of alkyl halides is 3. The molecule has 0 aliphatic heterocycles. The largest absolute Gasteiger partial charge is 0.573 e. The van der Waals surface area contributed by atoms with Crippen LogP contribution in [0.3, 0.4) is 0 Å². The molecule has 3 aromatic carbocycles. The standard InChI is InChI=1S/C26H20F4N2O3/c1-16-22(18-10-12-19(13-11-18)35-26(28,29)30)25(34)32(15-14-17-6-3-2-4-7-17)24(31-16)20-8-5-9-21(27)23(20)33/h2-13,33H,14-15H2,1H3. The van der Waals surface area contributed by atoms with Crippen molar-refractivity contribution in [2.75, 3.05) is 0 Å². The summed E-state index contributed by atoms with van der Waals surface area (Å²) in [5, 5.41) is 10.3. The third-order valence-corrected chi connectivity index (χ3v) is 5.42. The minimum absolute atomic E-state index is 0.0544. The van der Waals surface area contributed by atoms with Crippen LogP contribution in [0.5, 0.6) is 11.5 Å². The van der Waals surface area contributed by atoms with E-state index in [0.717, 1.165) is 23.8 Å². The van der Waals surface area contributed by atoms with Crippen molar-refractivity contribution in [3.8, 4) is 34.0 Å². The molecular weight excluding hydrogens is 464 g/mol. The van der Waals surface area contributed by atoms with Crippen molar-refractivity contribution >= 4 is 0 Å². The lowest BCUT2D eigenvalue weighted by atomic mass is 10.0. The van der Waals surface area contributed by atoms with Crippen LogP contribution in [0.4, 0.5) is 17.6 Å². The molecule has 0 fully saturated rings. The maximum absolute atomic E-state index is 14.1. The van der Waals surface area contributed by atoms with Crippen molar-refractivity contribution in [1.29, 1.82) is 0 Å². The summed E-state index contributed by atoms with van der Waals surface area (Å²) in [7, 11) is 0. The molecule has 0 saturated heterocycles. The number of hydrogen-bond donors (Lipinski definition) is 1. The van der Waals surface area contributed by atoms with Crippen LogP contribution >= 0.6 is 0 Å². The molecule has 0 atom stereocenters. The zero-order valence-corrected chi connectivity index (χ0v) is 18.5. The van der Waals surface area contributed by atoms with Crippen molar-refractivity contribution in [2.24, 2.45) is 0 Å². The van der Waals surface area contributed by atoms with Crippen LogP contribution in [0.25, 0.3) is 22.5 Å². The first-order chi connectivity index (χ1) is 16.6. The minimum Gasteiger partial charge on any atom is -0.504 e. The molecule has 0 aliphatic carbocycles. The maximum atomic E-state index is 14.1. The van der Waals surface area contributed by atoms with Crippen LogP contribution < -0.4 is 10.3 Å². The lowest BCUT2D eigenvalue weighted by molar-refractivity contribution is -0.274. The number of ether oxygens (including phenoxy) is 1. The number of aromatic hydroxyl groups is 1. The van der Waals surface area contributed by atoms with Crippen molar-refractivity contribution in [3.63, 3.8) is 0 Å². The van der Waals surface area contributed by atoms with Gasteiger partial charge in [-0.3, -0.25) is 9.36 Å². The molecule has 4 aromatic rings. The average Bonchev–Trinajstić information content (AvgIpc) is 2.81. The van der Waals surface area contributed by atoms with E-state index in [1.807, 2.05) is 30.3 Å². The van der Waals surface area contributed by atoms with Gasteiger partial charge >= 0.3 is 6.36 Å². The summed E-state index contributed by atoms with van der Waals surface area (Å²) in [6.45, 7) is 1.74. The Morgan fingerprint density at radius 1 is 0.971 bits per heavy atom. The number of phenolic OH excluding ortho intramolecular Hbond substituents is 1. The van der Waals surface area contributed by atoms with Gasteiger partial charge in [-0.1, -0.05) is 48.5 Å². The lowest BCUT2D eigenvalue weighted by Gasteiger charge is -2.17. The molecule has 9 heteroatoms.